The number of carbonyl (C=O) groups excluding carboxylic acids is 2. The van der Waals surface area contributed by atoms with Crippen molar-refractivity contribution in [1.82, 2.24) is 4.90 Å². The van der Waals surface area contributed by atoms with E-state index in [9.17, 15) is 9.59 Å². The predicted octanol–water partition coefficient (Wildman–Crippen LogP) is 4.56. The van der Waals surface area contributed by atoms with E-state index in [4.69, 9.17) is 11.6 Å². The number of anilines is 1. The number of halogens is 1. The molecule has 2 amide bonds. The number of hydrogen-bond donors (Lipinski definition) is 0. The molecular formula is C21H25ClN2O2. The molecule has 1 atom stereocenters. The molecule has 1 aliphatic heterocycles. The lowest BCUT2D eigenvalue weighted by atomic mass is 9.94. The summed E-state index contributed by atoms with van der Waals surface area (Å²) in [6, 6.07) is 7.30. The van der Waals surface area contributed by atoms with Gasteiger partial charge in [-0.05, 0) is 31.9 Å². The third-order valence-corrected chi connectivity index (χ3v) is 5.55. The highest BCUT2D eigenvalue weighted by Crippen LogP contribution is 2.43. The first-order chi connectivity index (χ1) is 12.6. The maximum absolute atomic E-state index is 13.5. The summed E-state index contributed by atoms with van der Waals surface area (Å²) in [5.74, 6) is -0.517. The first-order valence-electron chi connectivity index (χ1n) is 9.22. The van der Waals surface area contributed by atoms with E-state index < -0.39 is 6.04 Å². The van der Waals surface area contributed by atoms with Gasteiger partial charge in [0.2, 0.25) is 5.91 Å². The van der Waals surface area contributed by atoms with Gasteiger partial charge in [-0.15, -0.1) is 11.6 Å². The molecule has 1 heterocycles. The van der Waals surface area contributed by atoms with E-state index in [-0.39, 0.29) is 23.7 Å². The van der Waals surface area contributed by atoms with Gasteiger partial charge in [0, 0.05) is 23.0 Å². The molecule has 3 rings (SSSR count). The van der Waals surface area contributed by atoms with E-state index in [1.807, 2.05) is 36.1 Å². The first kappa shape index (κ1) is 18.7. The second-order valence-corrected chi connectivity index (χ2v) is 7.04. The molecule has 0 spiro atoms. The van der Waals surface area contributed by atoms with Crippen LogP contribution in [0, 0.1) is 0 Å². The summed E-state index contributed by atoms with van der Waals surface area (Å²) in [7, 11) is 0. The maximum atomic E-state index is 13.5. The Balaban J connectivity index is 2.07. The molecule has 1 unspecified atom stereocenters. The van der Waals surface area contributed by atoms with E-state index in [0.29, 0.717) is 5.70 Å². The van der Waals surface area contributed by atoms with Crippen LogP contribution in [0.3, 0.4) is 0 Å². The molecule has 1 fully saturated rings. The van der Waals surface area contributed by atoms with Crippen LogP contribution in [0.1, 0.15) is 50.6 Å². The van der Waals surface area contributed by atoms with E-state index in [1.165, 1.54) is 11.3 Å². The summed E-state index contributed by atoms with van der Waals surface area (Å²) in [5, 5.41) is 0. The van der Waals surface area contributed by atoms with Gasteiger partial charge in [-0.25, -0.2) is 0 Å². The number of benzene rings is 1. The molecule has 0 saturated heterocycles. The van der Waals surface area contributed by atoms with Crippen molar-refractivity contribution in [3.63, 3.8) is 0 Å². The molecule has 138 valence electrons. The smallest absolute Gasteiger partial charge is 0.255 e. The van der Waals surface area contributed by atoms with Crippen molar-refractivity contribution in [2.45, 2.75) is 51.1 Å². The Bertz CT molecular complexity index is 737. The SMILES string of the molecule is C=C/C(=C\C)N(C(=O)CCl)C1C(=O)N(C2CCCCC2)c2ccccc21. The summed E-state index contributed by atoms with van der Waals surface area (Å²) in [6.07, 6.45) is 8.90. The second-order valence-electron chi connectivity index (χ2n) is 6.78. The zero-order chi connectivity index (χ0) is 18.7. The molecular weight excluding hydrogens is 348 g/mol. The predicted molar refractivity (Wildman–Crippen MR) is 105 cm³/mol. The van der Waals surface area contributed by atoms with Gasteiger partial charge in [0.1, 0.15) is 11.9 Å². The Hall–Kier alpha value is -2.07. The van der Waals surface area contributed by atoms with Crippen molar-refractivity contribution in [1.29, 1.82) is 0 Å². The second kappa shape index (κ2) is 8.09. The fourth-order valence-corrected chi connectivity index (χ4v) is 4.27. The lowest BCUT2D eigenvalue weighted by Crippen LogP contribution is -2.45. The number of allylic oxidation sites excluding steroid dienone is 2. The maximum Gasteiger partial charge on any atom is 0.255 e. The van der Waals surface area contributed by atoms with Crippen LogP contribution < -0.4 is 4.90 Å². The van der Waals surface area contributed by atoms with Crippen LogP contribution in [0.4, 0.5) is 5.69 Å². The molecule has 0 aromatic heterocycles. The number of hydrogen-bond acceptors (Lipinski definition) is 2. The van der Waals surface area contributed by atoms with Crippen molar-refractivity contribution in [2.75, 3.05) is 10.8 Å². The van der Waals surface area contributed by atoms with Crippen molar-refractivity contribution < 1.29 is 9.59 Å². The van der Waals surface area contributed by atoms with Crippen molar-refractivity contribution in [2.24, 2.45) is 0 Å². The van der Waals surface area contributed by atoms with Crippen LogP contribution in [0.15, 0.2) is 48.7 Å². The van der Waals surface area contributed by atoms with Crippen molar-refractivity contribution >= 4 is 29.1 Å². The lowest BCUT2D eigenvalue weighted by Gasteiger charge is -2.33. The van der Waals surface area contributed by atoms with Crippen LogP contribution in [0.2, 0.25) is 0 Å². The normalized spacial score (nSPS) is 20.8. The number of rotatable bonds is 5. The number of fused-ring (bicyclic) bond motifs is 1. The fraction of sp³-hybridized carbons (Fsp3) is 0.429. The molecule has 1 saturated carbocycles. The molecule has 4 nitrogen and oxygen atoms in total. The molecule has 26 heavy (non-hydrogen) atoms. The topological polar surface area (TPSA) is 40.6 Å². The van der Waals surface area contributed by atoms with Crippen LogP contribution in [-0.4, -0.2) is 28.6 Å². The number of nitrogens with zero attached hydrogens (tertiary/aromatic N) is 2. The minimum atomic E-state index is -0.677. The number of para-hydroxylation sites is 1. The molecule has 1 aromatic carbocycles. The van der Waals surface area contributed by atoms with Gasteiger partial charge in [-0.3, -0.25) is 14.5 Å². The van der Waals surface area contributed by atoms with Gasteiger partial charge in [0.05, 0.1) is 0 Å². The highest BCUT2D eigenvalue weighted by atomic mass is 35.5. The van der Waals surface area contributed by atoms with Gasteiger partial charge in [-0.1, -0.05) is 50.1 Å². The minimum absolute atomic E-state index is 0.0437. The minimum Gasteiger partial charge on any atom is -0.307 e. The quantitative estimate of drug-likeness (QED) is 0.561. The summed E-state index contributed by atoms with van der Waals surface area (Å²) < 4.78 is 0. The Labute approximate surface area is 160 Å². The molecule has 5 heteroatoms. The molecule has 0 bridgehead atoms. The molecule has 2 aliphatic rings. The average Bonchev–Trinajstić information content (AvgIpc) is 2.97. The van der Waals surface area contributed by atoms with E-state index in [0.717, 1.165) is 36.9 Å². The van der Waals surface area contributed by atoms with Gasteiger partial charge in [0.15, 0.2) is 0 Å². The monoisotopic (exact) mass is 372 g/mol. The van der Waals surface area contributed by atoms with Crippen LogP contribution in [0.5, 0.6) is 0 Å². The van der Waals surface area contributed by atoms with E-state index >= 15 is 0 Å². The molecule has 0 radical (unpaired) electrons. The molecule has 1 aliphatic carbocycles. The number of amides is 2. The highest BCUT2D eigenvalue weighted by molar-refractivity contribution is 6.27. The lowest BCUT2D eigenvalue weighted by molar-refractivity contribution is -0.135. The van der Waals surface area contributed by atoms with Crippen LogP contribution in [0.25, 0.3) is 0 Å². The van der Waals surface area contributed by atoms with E-state index in [2.05, 4.69) is 6.58 Å². The average molecular weight is 373 g/mol. The van der Waals surface area contributed by atoms with Gasteiger partial charge < -0.3 is 4.90 Å². The van der Waals surface area contributed by atoms with Gasteiger partial charge >= 0.3 is 0 Å². The van der Waals surface area contributed by atoms with E-state index in [1.54, 1.807) is 12.2 Å². The summed E-state index contributed by atoms with van der Waals surface area (Å²) in [5.41, 5.74) is 2.39. The fourth-order valence-electron chi connectivity index (χ4n) is 4.14. The van der Waals surface area contributed by atoms with Crippen LogP contribution >= 0.6 is 11.6 Å². The Morgan fingerprint density at radius 2 is 2.00 bits per heavy atom. The van der Waals surface area contributed by atoms with Crippen molar-refractivity contribution in [3.8, 4) is 0 Å². The van der Waals surface area contributed by atoms with Gasteiger partial charge in [0.25, 0.3) is 5.91 Å². The Kier molecular flexibility index (Phi) is 5.82. The zero-order valence-electron chi connectivity index (χ0n) is 15.2. The summed E-state index contributed by atoms with van der Waals surface area (Å²) in [6.45, 7) is 5.63. The third-order valence-electron chi connectivity index (χ3n) is 5.33. The Morgan fingerprint density at radius 1 is 1.31 bits per heavy atom. The third kappa shape index (κ3) is 3.18. The molecule has 1 aromatic rings. The standard InChI is InChI=1S/C21H25ClN2O2/c1-3-15(4-2)24(19(25)14-22)20-17-12-8-9-13-18(17)23(21(20)26)16-10-6-5-7-11-16/h3-4,8-9,12-13,16,20H,1,5-7,10-11,14H2,2H3/b15-4+. The Morgan fingerprint density at radius 3 is 2.62 bits per heavy atom. The zero-order valence-corrected chi connectivity index (χ0v) is 15.9. The number of alkyl halides is 1. The van der Waals surface area contributed by atoms with Crippen molar-refractivity contribution in [3.05, 3.63) is 54.3 Å². The van der Waals surface area contributed by atoms with Gasteiger partial charge in [-0.2, -0.15) is 0 Å². The summed E-state index contributed by atoms with van der Waals surface area (Å²) >= 11 is 5.87. The highest BCUT2D eigenvalue weighted by Gasteiger charge is 2.45. The number of carbonyl (C=O) groups is 2. The molecule has 0 N–H and O–H groups in total. The van der Waals surface area contributed by atoms with Crippen LogP contribution in [-0.2, 0) is 9.59 Å². The largest absolute Gasteiger partial charge is 0.307 e. The first-order valence-corrected chi connectivity index (χ1v) is 9.76. The summed E-state index contributed by atoms with van der Waals surface area (Å²) in [4.78, 5) is 29.5.